The zero-order valence-electron chi connectivity index (χ0n) is 23.8. The number of methoxy groups -OCH3 is 1. The molecular weight excluding hydrogens is 646 g/mol. The Kier molecular flexibility index (Phi) is 11.2. The quantitative estimate of drug-likeness (QED) is 0.180. The fourth-order valence-corrected chi connectivity index (χ4v) is 5.07. The second-order valence-electron chi connectivity index (χ2n) is 9.53. The van der Waals surface area contributed by atoms with E-state index in [0.29, 0.717) is 72.9 Å². The Balaban J connectivity index is 0.000000488. The van der Waals surface area contributed by atoms with E-state index in [0.717, 1.165) is 13.0 Å². The zero-order chi connectivity index (χ0) is 30.5. The second-order valence-corrected chi connectivity index (χ2v) is 10.3. The first-order valence-electron chi connectivity index (χ1n) is 13.3. The van der Waals surface area contributed by atoms with Crippen molar-refractivity contribution >= 4 is 45.5 Å². The van der Waals surface area contributed by atoms with Gasteiger partial charge in [-0.2, -0.15) is 11.5 Å². The van der Waals surface area contributed by atoms with Gasteiger partial charge in [-0.25, -0.2) is 16.6 Å². The molecule has 3 aromatic heterocycles. The minimum absolute atomic E-state index is 0. The summed E-state index contributed by atoms with van der Waals surface area (Å²) in [4.78, 5) is 25.8. The van der Waals surface area contributed by atoms with E-state index in [1.54, 1.807) is 37.8 Å². The van der Waals surface area contributed by atoms with Crippen molar-refractivity contribution in [2.24, 2.45) is 7.05 Å². The minimum Gasteiger partial charge on any atom is -0.563 e. The molecule has 0 aliphatic carbocycles. The molecule has 1 aliphatic rings. The number of hydrogen-bond donors (Lipinski definition) is 2. The van der Waals surface area contributed by atoms with Gasteiger partial charge in [0.15, 0.2) is 0 Å². The molecule has 1 radical (unpaired) electrons. The Labute approximate surface area is 274 Å². The Morgan fingerprint density at radius 2 is 1.82 bits per heavy atom. The van der Waals surface area contributed by atoms with Crippen LogP contribution in [0.1, 0.15) is 12.1 Å². The number of rotatable bonds is 5. The van der Waals surface area contributed by atoms with Crippen LogP contribution in [0.15, 0.2) is 65.8 Å². The molecule has 4 heterocycles. The van der Waals surface area contributed by atoms with Gasteiger partial charge in [0.1, 0.15) is 5.82 Å². The van der Waals surface area contributed by atoms with E-state index in [1.165, 1.54) is 11.8 Å². The van der Waals surface area contributed by atoms with Crippen LogP contribution in [0.2, 0.25) is 10.0 Å². The number of fused-ring (bicyclic) bond motifs is 1. The number of aromatic nitrogens is 5. The van der Waals surface area contributed by atoms with Gasteiger partial charge < -0.3 is 24.9 Å². The number of nitrogens with zero attached hydrogens (tertiary/aromatic N) is 5. The number of aliphatic hydroxyl groups excluding tert-OH is 1. The van der Waals surface area contributed by atoms with Crippen LogP contribution in [0, 0.1) is 13.3 Å². The largest absolute Gasteiger partial charge is 2.00 e. The Bertz CT molecular complexity index is 1830. The van der Waals surface area contributed by atoms with Crippen LogP contribution < -0.4 is 15.6 Å². The first-order chi connectivity index (χ1) is 20.8. The second kappa shape index (κ2) is 14.9. The number of benzene rings is 2. The van der Waals surface area contributed by atoms with Gasteiger partial charge in [-0.15, -0.1) is 0 Å². The van der Waals surface area contributed by atoms with Crippen molar-refractivity contribution in [3.8, 4) is 28.3 Å². The molecule has 2 N–H and O–H groups in total. The van der Waals surface area contributed by atoms with Crippen molar-refractivity contribution in [3.05, 3.63) is 100 Å². The zero-order valence-corrected chi connectivity index (χ0v) is 26.5. The Hall–Kier alpha value is -3.70. The van der Waals surface area contributed by atoms with Gasteiger partial charge in [-0.05, 0) is 23.9 Å². The van der Waals surface area contributed by atoms with E-state index in [1.807, 2.05) is 36.8 Å². The van der Waals surface area contributed by atoms with E-state index < -0.39 is 0 Å². The molecular formula is C31H28Cl2MnN6O4. The Morgan fingerprint density at radius 1 is 1.09 bits per heavy atom. The molecule has 6 rings (SSSR count). The first-order valence-corrected chi connectivity index (χ1v) is 14.0. The third-order valence-electron chi connectivity index (χ3n) is 6.67. The van der Waals surface area contributed by atoms with E-state index >= 15 is 0 Å². The summed E-state index contributed by atoms with van der Waals surface area (Å²) in [6, 6.07) is 12.8. The molecule has 0 saturated carbocycles. The first kappa shape index (κ1) is 33.2. The van der Waals surface area contributed by atoms with E-state index in [4.69, 9.17) is 37.8 Å². The topological polar surface area (TPSA) is 124 Å². The van der Waals surface area contributed by atoms with Crippen molar-refractivity contribution < 1.29 is 31.6 Å². The fraction of sp³-hybridized carbons (Fsp3) is 0.194. The maximum atomic E-state index is 12.7. The molecule has 0 spiro atoms. The van der Waals surface area contributed by atoms with Crippen LogP contribution in [0.25, 0.3) is 33.2 Å². The average Bonchev–Trinajstić information content (AvgIpc) is 3.01. The summed E-state index contributed by atoms with van der Waals surface area (Å²) >= 11 is 13.7. The number of hydrogen-bond acceptors (Lipinski definition) is 9. The maximum absolute atomic E-state index is 12.7. The van der Waals surface area contributed by atoms with Gasteiger partial charge in [0.25, 0.3) is 5.56 Å². The summed E-state index contributed by atoms with van der Waals surface area (Å²) in [7, 11) is 3.10. The van der Waals surface area contributed by atoms with Gasteiger partial charge in [0.2, 0.25) is 0 Å². The van der Waals surface area contributed by atoms with Gasteiger partial charge in [-0.3, -0.25) is 16.2 Å². The van der Waals surface area contributed by atoms with Crippen molar-refractivity contribution in [1.29, 1.82) is 0 Å². The molecule has 0 amide bonds. The molecule has 1 fully saturated rings. The van der Waals surface area contributed by atoms with Crippen molar-refractivity contribution in [2.75, 3.05) is 25.6 Å². The number of halogens is 2. The Morgan fingerprint density at radius 3 is 2.50 bits per heavy atom. The molecule has 2 aromatic carbocycles. The van der Waals surface area contributed by atoms with Crippen molar-refractivity contribution in [1.82, 2.24) is 24.7 Å². The molecule has 1 atom stereocenters. The molecule has 5 aromatic rings. The summed E-state index contributed by atoms with van der Waals surface area (Å²) in [5.74, 6) is 0.701. The summed E-state index contributed by atoms with van der Waals surface area (Å²) in [5.41, 5.74) is 3.34. The smallest absolute Gasteiger partial charge is 0.563 e. The summed E-state index contributed by atoms with van der Waals surface area (Å²) in [6.07, 6.45) is 7.26. The fourth-order valence-electron chi connectivity index (χ4n) is 4.47. The van der Waals surface area contributed by atoms with Crippen LogP contribution in [0.3, 0.4) is 0 Å². The van der Waals surface area contributed by atoms with Crippen LogP contribution >= 0.6 is 23.2 Å². The van der Waals surface area contributed by atoms with Gasteiger partial charge in [-0.1, -0.05) is 53.5 Å². The predicted molar refractivity (Wildman–Crippen MR) is 168 cm³/mol. The van der Waals surface area contributed by atoms with E-state index in [-0.39, 0.29) is 28.7 Å². The summed E-state index contributed by atoms with van der Waals surface area (Å²) in [5, 5.41) is 18.0. The van der Waals surface area contributed by atoms with Crippen LogP contribution in [0.5, 0.6) is 5.88 Å². The third-order valence-corrected chi connectivity index (χ3v) is 7.49. The number of nitrogens with one attached hydrogen (secondary N) is 1. The summed E-state index contributed by atoms with van der Waals surface area (Å²) in [6.45, 7) is 5.07. The molecule has 1 aliphatic heterocycles. The number of aryl methyl sites for hydroxylation is 1. The maximum Gasteiger partial charge on any atom is 2.00 e. The van der Waals surface area contributed by atoms with E-state index in [9.17, 15) is 4.79 Å². The number of pyridine rings is 1. The predicted octanol–water partition coefficient (Wildman–Crippen LogP) is 5.66. The van der Waals surface area contributed by atoms with Crippen LogP contribution in [-0.4, -0.2) is 56.3 Å². The molecule has 0 bridgehead atoms. The molecule has 13 heteroatoms. The minimum atomic E-state index is -0.311. The van der Waals surface area contributed by atoms with Gasteiger partial charge in [0.05, 0.1) is 46.0 Å². The van der Waals surface area contributed by atoms with Crippen LogP contribution in [-0.2, 0) is 28.9 Å². The number of anilines is 2. The van der Waals surface area contributed by atoms with E-state index in [2.05, 4.69) is 32.3 Å². The molecule has 0 unspecified atom stereocenters. The number of ether oxygens (including phenoxy) is 2. The van der Waals surface area contributed by atoms with Crippen molar-refractivity contribution in [3.63, 3.8) is 0 Å². The average molecular weight is 674 g/mol. The normalized spacial score (nSPS) is 14.2. The third kappa shape index (κ3) is 7.15. The van der Waals surface area contributed by atoms with Gasteiger partial charge in [0, 0.05) is 54.7 Å². The molecule has 1 saturated heterocycles. The summed E-state index contributed by atoms with van der Waals surface area (Å²) < 4.78 is 11.4. The monoisotopic (exact) mass is 673 g/mol. The van der Waals surface area contributed by atoms with Gasteiger partial charge >= 0.3 is 17.1 Å². The molecule has 44 heavy (non-hydrogen) atoms. The molecule has 10 nitrogen and oxygen atoms in total. The SMILES string of the molecule is O[C@H]1[CH-]CCOC1.[CH2-]c1ncc(-c2cccc(-c3cccc(Nc4nccc5cnn(C)c(=O)c45)c3Cl)c2Cl)nc1OC.[Mn+2]. The number of aliphatic hydroxyl groups is 1. The van der Waals surface area contributed by atoms with Crippen LogP contribution in [0.4, 0.5) is 11.5 Å². The van der Waals surface area contributed by atoms with Crippen molar-refractivity contribution in [2.45, 2.75) is 12.5 Å². The standard InChI is InChI=1S/C26H19Cl2N6O2.C5H9O2.Mn/c1-14-25(36-3)33-20(13-30-14)18-8-4-6-16(22(18)27)17-7-5-9-19(23(17)28)32-24-21-15(10-11-29-24)12-31-34(2)26(21)35;6-5-2-1-3-7-4-5;/h4-13H,1H2,2-3H3,(H,29,32);2,5-6H,1,3-4H2;/q2*-1;+2/t;5-;/m.0./s1. The molecule has 227 valence electrons.